The molecule has 5 aromatic heterocycles. The van der Waals surface area contributed by atoms with E-state index in [1.165, 1.54) is 80.3 Å². The summed E-state index contributed by atoms with van der Waals surface area (Å²) < 4.78 is 9.92. The molecule has 270 valence electrons. The van der Waals surface area contributed by atoms with Gasteiger partial charge in [-0.05, 0) is 84.4 Å². The van der Waals surface area contributed by atoms with Crippen LogP contribution in [-0.4, -0.2) is 18.7 Å². The molecule has 0 unspecified atom stereocenters. The number of thiophene rings is 1. The first-order valence-electron chi connectivity index (χ1n) is 19.7. The zero-order valence-corrected chi connectivity index (χ0v) is 32.0. The van der Waals surface area contributed by atoms with E-state index in [0.717, 1.165) is 33.5 Å². The van der Waals surface area contributed by atoms with E-state index < -0.39 is 0 Å². The highest BCUT2D eigenvalue weighted by molar-refractivity contribution is 7.26. The van der Waals surface area contributed by atoms with Gasteiger partial charge in [-0.2, -0.15) is 0 Å². The summed E-state index contributed by atoms with van der Waals surface area (Å²) in [6.45, 7) is 0. The minimum atomic E-state index is 1.13. The maximum Gasteiger partial charge on any atom is 0.0571 e. The third kappa shape index (κ3) is 4.36. The smallest absolute Gasteiger partial charge is 0.0571 e. The molecular weight excluding hydrogens is 725 g/mol. The summed E-state index contributed by atoms with van der Waals surface area (Å²) in [5.41, 5.74) is 13.0. The Labute approximate surface area is 336 Å². The third-order valence-electron chi connectivity index (χ3n) is 12.1. The third-order valence-corrected chi connectivity index (χ3v) is 13.3. The van der Waals surface area contributed by atoms with Crippen LogP contribution in [0.2, 0.25) is 0 Å². The van der Waals surface area contributed by atoms with Gasteiger partial charge in [0.2, 0.25) is 0 Å². The second-order valence-corrected chi connectivity index (χ2v) is 16.2. The second kappa shape index (κ2) is 12.0. The fourth-order valence-electron chi connectivity index (χ4n) is 9.70. The van der Waals surface area contributed by atoms with Gasteiger partial charge in [0.25, 0.3) is 0 Å². The van der Waals surface area contributed by atoms with Crippen molar-refractivity contribution >= 4 is 96.9 Å². The topological polar surface area (TPSA) is 27.7 Å². The predicted molar refractivity (Wildman–Crippen MR) is 246 cm³/mol. The van der Waals surface area contributed by atoms with Crippen LogP contribution >= 0.6 is 11.3 Å². The first-order valence-corrected chi connectivity index (χ1v) is 20.5. The van der Waals surface area contributed by atoms with Gasteiger partial charge in [0.1, 0.15) is 0 Å². The average molecular weight is 757 g/mol. The first-order chi connectivity index (χ1) is 28.8. The summed E-state index contributed by atoms with van der Waals surface area (Å²) in [4.78, 5) is 4.58. The predicted octanol–water partition coefficient (Wildman–Crippen LogP) is 14.4. The summed E-state index contributed by atoms with van der Waals surface area (Å²) in [5, 5.41) is 9.93. The molecular formula is C53H32N4S. The van der Waals surface area contributed by atoms with Crippen molar-refractivity contribution in [1.29, 1.82) is 0 Å². The van der Waals surface area contributed by atoms with Gasteiger partial charge in [0, 0.05) is 87.5 Å². The summed E-state index contributed by atoms with van der Waals surface area (Å²) in [6, 6.07) is 66.6. The highest BCUT2D eigenvalue weighted by Gasteiger charge is 2.23. The monoisotopic (exact) mass is 756 g/mol. The van der Waals surface area contributed by atoms with E-state index in [1.807, 2.05) is 23.7 Å². The Morgan fingerprint density at radius 1 is 0.362 bits per heavy atom. The van der Waals surface area contributed by atoms with E-state index in [9.17, 15) is 0 Å². The van der Waals surface area contributed by atoms with Crippen LogP contribution in [0.3, 0.4) is 0 Å². The van der Waals surface area contributed by atoms with Crippen LogP contribution in [0.15, 0.2) is 194 Å². The van der Waals surface area contributed by atoms with E-state index in [4.69, 9.17) is 0 Å². The lowest BCUT2D eigenvalue weighted by molar-refractivity contribution is 1.16. The number of fused-ring (bicyclic) bond motifs is 13. The number of nitrogens with zero attached hydrogens (tertiary/aromatic N) is 4. The zero-order chi connectivity index (χ0) is 37.9. The van der Waals surface area contributed by atoms with E-state index in [0.29, 0.717) is 0 Å². The number of rotatable bonds is 4. The average Bonchev–Trinajstić information content (AvgIpc) is 4.03. The Kier molecular flexibility index (Phi) is 6.57. The molecule has 0 aliphatic rings. The fourth-order valence-corrected chi connectivity index (χ4v) is 10.9. The van der Waals surface area contributed by atoms with Crippen molar-refractivity contribution in [2.24, 2.45) is 0 Å². The number of pyridine rings is 1. The fraction of sp³-hybridized carbons (Fsp3) is 0. The Morgan fingerprint density at radius 2 is 0.914 bits per heavy atom. The summed E-state index contributed by atoms with van der Waals surface area (Å²) in [7, 11) is 0. The largest absolute Gasteiger partial charge is 0.309 e. The Hall–Kier alpha value is -7.47. The Morgan fingerprint density at radius 3 is 1.66 bits per heavy atom. The highest BCUT2D eigenvalue weighted by atomic mass is 32.1. The summed E-state index contributed by atoms with van der Waals surface area (Å²) >= 11 is 1.88. The number of aromatic nitrogens is 4. The lowest BCUT2D eigenvalue weighted by atomic mass is 10.0. The van der Waals surface area contributed by atoms with Gasteiger partial charge < -0.3 is 13.7 Å². The first kappa shape index (κ1) is 31.7. The van der Waals surface area contributed by atoms with Gasteiger partial charge in [-0.25, -0.2) is 0 Å². The molecule has 4 nitrogen and oxygen atoms in total. The molecule has 8 aromatic carbocycles. The van der Waals surface area contributed by atoms with Crippen molar-refractivity contribution in [2.45, 2.75) is 0 Å². The molecule has 0 aliphatic carbocycles. The number of hydrogen-bond donors (Lipinski definition) is 0. The lowest BCUT2D eigenvalue weighted by Gasteiger charge is -2.13. The van der Waals surface area contributed by atoms with Crippen LogP contribution in [0, 0.1) is 0 Å². The minimum absolute atomic E-state index is 1.13. The number of hydrogen-bond acceptors (Lipinski definition) is 2. The Bertz CT molecular complexity index is 3790. The number of benzene rings is 8. The van der Waals surface area contributed by atoms with Gasteiger partial charge in [0.15, 0.2) is 0 Å². The van der Waals surface area contributed by atoms with Gasteiger partial charge in [0.05, 0.1) is 33.1 Å². The highest BCUT2D eigenvalue weighted by Crippen LogP contribution is 2.46. The molecule has 0 amide bonds. The molecule has 0 spiro atoms. The minimum Gasteiger partial charge on any atom is -0.309 e. The van der Waals surface area contributed by atoms with Gasteiger partial charge >= 0.3 is 0 Å². The van der Waals surface area contributed by atoms with Crippen molar-refractivity contribution in [3.63, 3.8) is 0 Å². The summed E-state index contributed by atoms with van der Waals surface area (Å²) in [6.07, 6.45) is 3.89. The van der Waals surface area contributed by atoms with Gasteiger partial charge in [-0.3, -0.25) is 4.98 Å². The quantitative estimate of drug-likeness (QED) is 0.176. The van der Waals surface area contributed by atoms with Crippen molar-refractivity contribution in [2.75, 3.05) is 0 Å². The molecule has 5 heterocycles. The molecule has 13 aromatic rings. The standard InChI is InChI=1S/C53H32N4S/c1-3-13-33(14-4-1)40-30-36(31-42-37-17-9-12-22-50(37)58-53(40)42)57-45-21-11-8-19-39(45)52-49(57)26-25-48-51(52)38-18-7-10-20-44(38)56(48)35-23-24-46-41(29-35)43-32-54-28-27-47(43)55(46)34-15-5-2-6-16-34/h1-32H. The summed E-state index contributed by atoms with van der Waals surface area (Å²) in [5.74, 6) is 0. The normalized spacial score (nSPS) is 12.1. The van der Waals surface area contributed by atoms with Crippen LogP contribution in [0.25, 0.3) is 114 Å². The van der Waals surface area contributed by atoms with Crippen LogP contribution in [0.1, 0.15) is 0 Å². The van der Waals surface area contributed by atoms with Crippen molar-refractivity contribution in [1.82, 2.24) is 18.7 Å². The molecule has 0 fully saturated rings. The molecule has 58 heavy (non-hydrogen) atoms. The molecule has 0 N–H and O–H groups in total. The zero-order valence-electron chi connectivity index (χ0n) is 31.2. The van der Waals surface area contributed by atoms with Crippen LogP contribution in [-0.2, 0) is 0 Å². The molecule has 0 radical (unpaired) electrons. The SMILES string of the molecule is c1ccc(-c2cc(-n3c4ccccc4c4c5c6ccccc6n(-c6ccc7c(c6)c6cnccc6n7-c6ccccc6)c5ccc43)cc3c2sc2ccccc23)cc1. The molecule has 5 heteroatoms. The van der Waals surface area contributed by atoms with E-state index in [1.54, 1.807) is 0 Å². The van der Waals surface area contributed by atoms with E-state index >= 15 is 0 Å². The molecule has 0 bridgehead atoms. The van der Waals surface area contributed by atoms with Gasteiger partial charge in [-0.1, -0.05) is 103 Å². The van der Waals surface area contributed by atoms with Crippen LogP contribution in [0.5, 0.6) is 0 Å². The Balaban J connectivity index is 1.11. The lowest BCUT2D eigenvalue weighted by Crippen LogP contribution is -1.96. The second-order valence-electron chi connectivity index (χ2n) is 15.2. The van der Waals surface area contributed by atoms with Crippen molar-refractivity contribution in [3.05, 3.63) is 194 Å². The maximum atomic E-state index is 4.58. The van der Waals surface area contributed by atoms with Gasteiger partial charge in [-0.15, -0.1) is 11.3 Å². The molecule has 0 aliphatic heterocycles. The van der Waals surface area contributed by atoms with E-state index in [-0.39, 0.29) is 0 Å². The van der Waals surface area contributed by atoms with Crippen molar-refractivity contribution in [3.8, 4) is 28.2 Å². The number of para-hydroxylation sites is 3. The molecule has 0 atom stereocenters. The maximum absolute atomic E-state index is 4.58. The van der Waals surface area contributed by atoms with E-state index in [2.05, 4.69) is 201 Å². The molecule has 0 saturated carbocycles. The van der Waals surface area contributed by atoms with Crippen LogP contribution < -0.4 is 0 Å². The molecule has 13 rings (SSSR count). The van der Waals surface area contributed by atoms with Crippen molar-refractivity contribution < 1.29 is 0 Å². The van der Waals surface area contributed by atoms with Crippen LogP contribution in [0.4, 0.5) is 0 Å². The molecule has 0 saturated heterocycles.